The second-order valence-electron chi connectivity index (χ2n) is 5.86. The molecule has 0 aliphatic heterocycles. The highest BCUT2D eigenvalue weighted by Gasteiger charge is 2.24. The number of hydrogen-bond acceptors (Lipinski definition) is 5. The summed E-state index contributed by atoms with van der Waals surface area (Å²) < 4.78 is 35.6. The Morgan fingerprint density at radius 2 is 1.79 bits per heavy atom. The van der Waals surface area contributed by atoms with E-state index in [0.717, 1.165) is 4.68 Å². The Balaban J connectivity index is 2.06. The molecule has 0 N–H and O–H groups in total. The summed E-state index contributed by atoms with van der Waals surface area (Å²) >= 11 is 0. The van der Waals surface area contributed by atoms with Gasteiger partial charge in [0.25, 0.3) is 5.69 Å². The van der Waals surface area contributed by atoms with Gasteiger partial charge in [-0.05, 0) is 6.07 Å². The van der Waals surface area contributed by atoms with E-state index in [-0.39, 0.29) is 5.88 Å². The molecule has 0 atom stereocenters. The lowest BCUT2D eigenvalue weighted by molar-refractivity contribution is -0.385. The molecule has 0 radical (unpaired) electrons. The van der Waals surface area contributed by atoms with Crippen LogP contribution in [0.1, 0.15) is 0 Å². The number of methoxy groups -OCH3 is 1. The van der Waals surface area contributed by atoms with Crippen molar-refractivity contribution in [3.05, 3.63) is 76.5 Å². The number of nitro benzene ring substituents is 1. The molecule has 0 amide bonds. The van der Waals surface area contributed by atoms with Crippen LogP contribution in [0.5, 0.6) is 5.88 Å². The first-order valence-corrected chi connectivity index (χ1v) is 8.12. The van der Waals surface area contributed by atoms with Crippen molar-refractivity contribution < 1.29 is 18.4 Å². The van der Waals surface area contributed by atoms with Gasteiger partial charge < -0.3 is 4.74 Å². The summed E-state index contributed by atoms with van der Waals surface area (Å²) in [5.74, 6) is -1.97. The van der Waals surface area contributed by atoms with Crippen LogP contribution in [0.2, 0.25) is 0 Å². The zero-order chi connectivity index (χ0) is 19.8. The van der Waals surface area contributed by atoms with Gasteiger partial charge in [0.2, 0.25) is 5.88 Å². The van der Waals surface area contributed by atoms with Gasteiger partial charge in [-0.1, -0.05) is 30.3 Å². The van der Waals surface area contributed by atoms with Crippen LogP contribution in [0.25, 0.3) is 27.8 Å². The first-order chi connectivity index (χ1) is 13.5. The van der Waals surface area contributed by atoms with E-state index in [1.54, 1.807) is 24.3 Å². The van der Waals surface area contributed by atoms with E-state index in [1.165, 1.54) is 19.4 Å². The molecule has 0 saturated carbocycles. The number of fused-ring (bicyclic) bond motifs is 1. The van der Waals surface area contributed by atoms with Crippen LogP contribution in [-0.2, 0) is 0 Å². The summed E-state index contributed by atoms with van der Waals surface area (Å²) in [4.78, 5) is 14.1. The monoisotopic (exact) mass is 382 g/mol. The number of halogens is 2. The molecule has 0 fully saturated rings. The maximum Gasteiger partial charge on any atom is 0.275 e. The van der Waals surface area contributed by atoms with Gasteiger partial charge in [-0.2, -0.15) is 5.10 Å². The minimum atomic E-state index is -1.11. The summed E-state index contributed by atoms with van der Waals surface area (Å²) in [6, 6.07) is 11.9. The summed E-state index contributed by atoms with van der Waals surface area (Å²) in [6.07, 6.45) is 1.43. The van der Waals surface area contributed by atoms with E-state index in [2.05, 4.69) is 10.1 Å². The molecular formula is C19H12F2N4O3. The lowest BCUT2D eigenvalue weighted by atomic mass is 10.1. The van der Waals surface area contributed by atoms with Gasteiger partial charge in [0, 0.05) is 11.8 Å². The molecule has 0 spiro atoms. The smallest absolute Gasteiger partial charge is 0.275 e. The standard InChI is InChI=1S/C19H12F2N4O3/c1-28-19-16-15(7-8-22-19)24(23-17(16)11-5-3-2-4-6-11)18-13(20)9-12(25(26)27)10-14(18)21/h2-10H,1H3. The predicted octanol–water partition coefficient (Wildman–Crippen LogP) is 4.28. The largest absolute Gasteiger partial charge is 0.480 e. The minimum Gasteiger partial charge on any atom is -0.480 e. The molecule has 4 rings (SSSR count). The Labute approximate surface area is 157 Å². The van der Waals surface area contributed by atoms with Gasteiger partial charge in [0.05, 0.1) is 35.1 Å². The molecule has 0 unspecified atom stereocenters. The number of hydrogen-bond donors (Lipinski definition) is 0. The van der Waals surface area contributed by atoms with E-state index in [0.29, 0.717) is 34.3 Å². The maximum atomic E-state index is 14.6. The van der Waals surface area contributed by atoms with E-state index < -0.39 is 27.9 Å². The van der Waals surface area contributed by atoms with Crippen molar-refractivity contribution in [3.8, 4) is 22.8 Å². The molecule has 7 nitrogen and oxygen atoms in total. The molecule has 2 heterocycles. The van der Waals surface area contributed by atoms with Gasteiger partial charge in [0.15, 0.2) is 11.6 Å². The van der Waals surface area contributed by atoms with Crippen LogP contribution in [-0.4, -0.2) is 26.8 Å². The van der Waals surface area contributed by atoms with Crippen molar-refractivity contribution >= 4 is 16.6 Å². The lowest BCUT2D eigenvalue weighted by Gasteiger charge is -2.07. The number of benzene rings is 2. The number of non-ortho nitro benzene ring substituents is 1. The average molecular weight is 382 g/mol. The quantitative estimate of drug-likeness (QED) is 0.389. The number of ether oxygens (including phenoxy) is 1. The zero-order valence-electron chi connectivity index (χ0n) is 14.5. The van der Waals surface area contributed by atoms with E-state index >= 15 is 0 Å². The average Bonchev–Trinajstić information content (AvgIpc) is 3.07. The molecular weight excluding hydrogens is 370 g/mol. The van der Waals surface area contributed by atoms with Crippen LogP contribution < -0.4 is 4.74 Å². The number of pyridine rings is 1. The normalized spacial score (nSPS) is 11.0. The third-order valence-corrected chi connectivity index (χ3v) is 4.22. The molecule has 0 aliphatic rings. The lowest BCUT2D eigenvalue weighted by Crippen LogP contribution is -2.05. The summed E-state index contributed by atoms with van der Waals surface area (Å²) in [5.41, 5.74) is 0.249. The van der Waals surface area contributed by atoms with Crippen molar-refractivity contribution in [1.29, 1.82) is 0 Å². The van der Waals surface area contributed by atoms with Crippen molar-refractivity contribution in [2.75, 3.05) is 7.11 Å². The van der Waals surface area contributed by atoms with E-state index in [9.17, 15) is 18.9 Å². The van der Waals surface area contributed by atoms with Crippen LogP contribution in [0.3, 0.4) is 0 Å². The van der Waals surface area contributed by atoms with E-state index in [1.807, 2.05) is 6.07 Å². The highest BCUT2D eigenvalue weighted by atomic mass is 19.1. The van der Waals surface area contributed by atoms with Gasteiger partial charge in [0.1, 0.15) is 11.4 Å². The Bertz CT molecular complexity index is 1190. The van der Waals surface area contributed by atoms with Crippen molar-refractivity contribution in [2.24, 2.45) is 0 Å². The highest BCUT2D eigenvalue weighted by Crippen LogP contribution is 2.36. The molecule has 4 aromatic rings. The Kier molecular flexibility index (Phi) is 4.19. The Hall–Kier alpha value is -3.88. The fraction of sp³-hybridized carbons (Fsp3) is 0.0526. The Morgan fingerprint density at radius 1 is 1.11 bits per heavy atom. The molecule has 9 heteroatoms. The van der Waals surface area contributed by atoms with Crippen molar-refractivity contribution in [3.63, 3.8) is 0 Å². The molecule has 2 aromatic heterocycles. The van der Waals surface area contributed by atoms with Crippen LogP contribution in [0.4, 0.5) is 14.5 Å². The zero-order valence-corrected chi connectivity index (χ0v) is 14.5. The number of nitro groups is 1. The predicted molar refractivity (Wildman–Crippen MR) is 97.4 cm³/mol. The molecule has 2 aromatic carbocycles. The summed E-state index contributed by atoms with van der Waals surface area (Å²) in [5, 5.41) is 15.7. The molecule has 0 bridgehead atoms. The third kappa shape index (κ3) is 2.73. The van der Waals surface area contributed by atoms with Gasteiger partial charge in [-0.15, -0.1) is 0 Å². The number of nitrogens with zero attached hydrogens (tertiary/aromatic N) is 4. The fourth-order valence-corrected chi connectivity index (χ4v) is 3.02. The second-order valence-corrected chi connectivity index (χ2v) is 5.86. The van der Waals surface area contributed by atoms with E-state index in [4.69, 9.17) is 4.74 Å². The first-order valence-electron chi connectivity index (χ1n) is 8.12. The summed E-state index contributed by atoms with van der Waals surface area (Å²) in [7, 11) is 1.43. The maximum absolute atomic E-state index is 14.6. The SMILES string of the molecule is COc1nccc2c1c(-c1ccccc1)nn2-c1c(F)cc([N+](=O)[O-])cc1F. The molecule has 0 aliphatic carbocycles. The molecule has 28 heavy (non-hydrogen) atoms. The number of aromatic nitrogens is 3. The first kappa shape index (κ1) is 17.5. The highest BCUT2D eigenvalue weighted by molar-refractivity contribution is 5.97. The van der Waals surface area contributed by atoms with Crippen LogP contribution in [0.15, 0.2) is 54.7 Å². The van der Waals surface area contributed by atoms with Crippen LogP contribution in [0, 0.1) is 21.7 Å². The fourth-order valence-electron chi connectivity index (χ4n) is 3.02. The van der Waals surface area contributed by atoms with Gasteiger partial charge in [-0.3, -0.25) is 10.1 Å². The van der Waals surface area contributed by atoms with Gasteiger partial charge in [-0.25, -0.2) is 18.4 Å². The van der Waals surface area contributed by atoms with Crippen molar-refractivity contribution in [1.82, 2.24) is 14.8 Å². The number of rotatable bonds is 4. The van der Waals surface area contributed by atoms with Crippen molar-refractivity contribution in [2.45, 2.75) is 0 Å². The Morgan fingerprint density at radius 3 is 2.39 bits per heavy atom. The molecule has 140 valence electrons. The molecule has 0 saturated heterocycles. The second kappa shape index (κ2) is 6.69. The van der Waals surface area contributed by atoms with Gasteiger partial charge >= 0.3 is 0 Å². The van der Waals surface area contributed by atoms with Crippen LogP contribution >= 0.6 is 0 Å². The minimum absolute atomic E-state index is 0.241. The third-order valence-electron chi connectivity index (χ3n) is 4.22. The summed E-state index contributed by atoms with van der Waals surface area (Å²) in [6.45, 7) is 0. The topological polar surface area (TPSA) is 83.1 Å².